The van der Waals surface area contributed by atoms with E-state index in [-0.39, 0.29) is 18.4 Å². The van der Waals surface area contributed by atoms with Crippen LogP contribution in [-0.4, -0.2) is 39.5 Å². The average Bonchev–Trinajstić information content (AvgIpc) is 2.71. The Balaban J connectivity index is 1.67. The maximum absolute atomic E-state index is 13.0. The maximum Gasteiger partial charge on any atom is 0.303 e. The molecule has 0 radical (unpaired) electrons. The number of rotatable bonds is 7. The normalized spacial score (nSPS) is 16.7. The summed E-state index contributed by atoms with van der Waals surface area (Å²) in [5.74, 6) is -0.250. The van der Waals surface area contributed by atoms with Gasteiger partial charge in [-0.1, -0.05) is 12.1 Å². The number of aromatic nitrogens is 1. The van der Waals surface area contributed by atoms with E-state index in [1.54, 1.807) is 24.5 Å². The Morgan fingerprint density at radius 1 is 1.22 bits per heavy atom. The number of carboxylic acids is 1. The van der Waals surface area contributed by atoms with E-state index in [0.717, 1.165) is 24.8 Å². The zero-order valence-electron chi connectivity index (χ0n) is 15.2. The molecule has 1 aromatic carbocycles. The molecule has 0 bridgehead atoms. The lowest BCUT2D eigenvalue weighted by Gasteiger charge is -2.35. The minimum Gasteiger partial charge on any atom is -0.489 e. The van der Waals surface area contributed by atoms with Crippen LogP contribution in [0.25, 0.3) is 0 Å². The van der Waals surface area contributed by atoms with Crippen molar-refractivity contribution < 1.29 is 19.4 Å². The molecule has 1 atom stereocenters. The van der Waals surface area contributed by atoms with Crippen molar-refractivity contribution >= 4 is 11.9 Å². The van der Waals surface area contributed by atoms with Crippen molar-refractivity contribution in [3.63, 3.8) is 0 Å². The molecule has 2 heterocycles. The number of ether oxygens (including phenoxy) is 1. The van der Waals surface area contributed by atoms with Crippen LogP contribution in [0.5, 0.6) is 5.75 Å². The number of likely N-dealkylation sites (tertiary alicyclic amines) is 1. The van der Waals surface area contributed by atoms with Gasteiger partial charge in [-0.15, -0.1) is 0 Å². The molecule has 0 spiro atoms. The monoisotopic (exact) mass is 368 g/mol. The lowest BCUT2D eigenvalue weighted by Crippen LogP contribution is -2.44. The molecule has 6 heteroatoms. The number of carbonyl (C=O) groups is 2. The first-order valence-corrected chi connectivity index (χ1v) is 9.28. The van der Waals surface area contributed by atoms with E-state index >= 15 is 0 Å². The lowest BCUT2D eigenvalue weighted by atomic mass is 9.97. The summed E-state index contributed by atoms with van der Waals surface area (Å²) >= 11 is 0. The Hall–Kier alpha value is -2.89. The first-order valence-electron chi connectivity index (χ1n) is 9.28. The number of carbonyl (C=O) groups excluding carboxylic acids is 1. The molecule has 0 saturated carbocycles. The number of hydrogen-bond acceptors (Lipinski definition) is 4. The van der Waals surface area contributed by atoms with Crippen molar-refractivity contribution in [1.82, 2.24) is 9.88 Å². The van der Waals surface area contributed by atoms with Crippen LogP contribution in [0.2, 0.25) is 0 Å². The quantitative estimate of drug-likeness (QED) is 0.809. The van der Waals surface area contributed by atoms with Gasteiger partial charge in [-0.3, -0.25) is 14.6 Å². The molecular formula is C21H24N2O4. The molecule has 1 aliphatic rings. The largest absolute Gasteiger partial charge is 0.489 e. The molecule has 1 saturated heterocycles. The van der Waals surface area contributed by atoms with E-state index in [4.69, 9.17) is 9.84 Å². The second-order valence-corrected chi connectivity index (χ2v) is 6.76. The van der Waals surface area contributed by atoms with Gasteiger partial charge in [0.1, 0.15) is 12.4 Å². The summed E-state index contributed by atoms with van der Waals surface area (Å²) in [6.45, 7) is 1.06. The Kier molecular flexibility index (Phi) is 6.41. The minimum atomic E-state index is -0.821. The highest BCUT2D eigenvalue weighted by Gasteiger charge is 2.27. The second kappa shape index (κ2) is 9.16. The number of amides is 1. The van der Waals surface area contributed by atoms with Crippen LogP contribution < -0.4 is 4.74 Å². The van der Waals surface area contributed by atoms with Crippen LogP contribution in [0.15, 0.2) is 48.8 Å². The molecule has 6 nitrogen and oxygen atoms in total. The van der Waals surface area contributed by atoms with Crippen LogP contribution in [0, 0.1) is 0 Å². The van der Waals surface area contributed by atoms with E-state index in [0.29, 0.717) is 30.9 Å². The molecule has 0 aliphatic carbocycles. The molecule has 1 unspecified atom stereocenters. The number of aliphatic carboxylic acids is 1. The smallest absolute Gasteiger partial charge is 0.303 e. The summed E-state index contributed by atoms with van der Waals surface area (Å²) in [4.78, 5) is 29.8. The van der Waals surface area contributed by atoms with Gasteiger partial charge < -0.3 is 14.7 Å². The highest BCUT2D eigenvalue weighted by Crippen LogP contribution is 2.24. The first kappa shape index (κ1) is 18.9. The van der Waals surface area contributed by atoms with Crippen molar-refractivity contribution in [2.75, 3.05) is 6.54 Å². The molecule has 3 rings (SSSR count). The van der Waals surface area contributed by atoms with Crippen molar-refractivity contribution in [3.05, 3.63) is 59.9 Å². The predicted molar refractivity (Wildman–Crippen MR) is 101 cm³/mol. The molecular weight excluding hydrogens is 344 g/mol. The van der Waals surface area contributed by atoms with Gasteiger partial charge in [0.25, 0.3) is 5.91 Å². The number of carboxylic acid groups (broad SMARTS) is 1. The van der Waals surface area contributed by atoms with Gasteiger partial charge in [0, 0.05) is 42.5 Å². The lowest BCUT2D eigenvalue weighted by molar-refractivity contribution is -0.137. The van der Waals surface area contributed by atoms with E-state index in [1.165, 1.54) is 0 Å². The molecule has 142 valence electrons. The highest BCUT2D eigenvalue weighted by molar-refractivity contribution is 5.95. The highest BCUT2D eigenvalue weighted by atomic mass is 16.5. The van der Waals surface area contributed by atoms with Crippen LogP contribution in [0.1, 0.15) is 48.0 Å². The third-order valence-electron chi connectivity index (χ3n) is 4.79. The number of pyridine rings is 1. The molecule has 27 heavy (non-hydrogen) atoms. The topological polar surface area (TPSA) is 79.7 Å². The van der Waals surface area contributed by atoms with Gasteiger partial charge >= 0.3 is 5.97 Å². The fraction of sp³-hybridized carbons (Fsp3) is 0.381. The minimum absolute atomic E-state index is 0.0117. The zero-order valence-corrected chi connectivity index (χ0v) is 15.2. The Bertz CT molecular complexity index is 779. The van der Waals surface area contributed by atoms with Crippen LogP contribution >= 0.6 is 0 Å². The van der Waals surface area contributed by atoms with E-state index in [9.17, 15) is 9.59 Å². The number of benzene rings is 1. The van der Waals surface area contributed by atoms with Gasteiger partial charge in [0.05, 0.1) is 0 Å². The summed E-state index contributed by atoms with van der Waals surface area (Å²) in [5.41, 5.74) is 1.53. The van der Waals surface area contributed by atoms with E-state index < -0.39 is 5.97 Å². The third kappa shape index (κ3) is 5.29. The Labute approximate surface area is 158 Å². The predicted octanol–water partition coefficient (Wildman–Crippen LogP) is 3.52. The van der Waals surface area contributed by atoms with Gasteiger partial charge in [-0.25, -0.2) is 0 Å². The number of nitrogens with zero attached hydrogens (tertiary/aromatic N) is 2. The van der Waals surface area contributed by atoms with E-state index in [2.05, 4.69) is 4.98 Å². The summed E-state index contributed by atoms with van der Waals surface area (Å²) in [5, 5.41) is 8.95. The van der Waals surface area contributed by atoms with Gasteiger partial charge in [-0.05, 0) is 49.9 Å². The van der Waals surface area contributed by atoms with Crippen LogP contribution in [0.4, 0.5) is 0 Å². The van der Waals surface area contributed by atoms with Gasteiger partial charge in [0.2, 0.25) is 0 Å². The van der Waals surface area contributed by atoms with Gasteiger partial charge in [-0.2, -0.15) is 0 Å². The van der Waals surface area contributed by atoms with Crippen molar-refractivity contribution in [3.8, 4) is 5.75 Å². The van der Waals surface area contributed by atoms with Crippen molar-refractivity contribution in [2.24, 2.45) is 0 Å². The summed E-state index contributed by atoms with van der Waals surface area (Å²) in [7, 11) is 0. The SMILES string of the molecule is O=C(O)CCC1CCCCN1C(=O)c1cccc(OCc2cccnc2)c1. The van der Waals surface area contributed by atoms with E-state index in [1.807, 2.05) is 29.2 Å². The van der Waals surface area contributed by atoms with Crippen LogP contribution in [0.3, 0.4) is 0 Å². The third-order valence-corrected chi connectivity index (χ3v) is 4.79. The van der Waals surface area contributed by atoms with Crippen LogP contribution in [-0.2, 0) is 11.4 Å². The fourth-order valence-corrected chi connectivity index (χ4v) is 3.39. The first-order chi connectivity index (χ1) is 13.1. The summed E-state index contributed by atoms with van der Waals surface area (Å²) in [6, 6.07) is 10.9. The summed E-state index contributed by atoms with van der Waals surface area (Å²) in [6.07, 6.45) is 6.88. The maximum atomic E-state index is 13.0. The van der Waals surface area contributed by atoms with Gasteiger partial charge in [0.15, 0.2) is 0 Å². The Morgan fingerprint density at radius 3 is 2.89 bits per heavy atom. The zero-order chi connectivity index (χ0) is 19.1. The Morgan fingerprint density at radius 2 is 2.11 bits per heavy atom. The second-order valence-electron chi connectivity index (χ2n) is 6.76. The molecule has 1 N–H and O–H groups in total. The molecule has 2 aromatic rings. The number of piperidine rings is 1. The standard InChI is InChI=1S/C21H24N2O4/c24-20(25)10-9-18-7-1-2-12-23(18)21(26)17-6-3-8-19(13-17)27-15-16-5-4-11-22-14-16/h3-6,8,11,13-14,18H,1-2,7,9-10,12,15H2,(H,24,25). The van der Waals surface area contributed by atoms with Crippen molar-refractivity contribution in [2.45, 2.75) is 44.8 Å². The summed E-state index contributed by atoms with van der Waals surface area (Å²) < 4.78 is 5.79. The molecule has 1 aliphatic heterocycles. The number of hydrogen-bond donors (Lipinski definition) is 1. The average molecular weight is 368 g/mol. The van der Waals surface area contributed by atoms with Crippen molar-refractivity contribution in [1.29, 1.82) is 0 Å². The fourth-order valence-electron chi connectivity index (χ4n) is 3.39. The molecule has 1 amide bonds. The molecule has 1 aromatic heterocycles. The molecule has 1 fully saturated rings.